The molecular formula is C12H23N3OS. The summed E-state index contributed by atoms with van der Waals surface area (Å²) in [5, 5.41) is 0. The predicted molar refractivity (Wildman–Crippen MR) is 73.9 cm³/mol. The van der Waals surface area contributed by atoms with Crippen molar-refractivity contribution in [3.63, 3.8) is 0 Å². The van der Waals surface area contributed by atoms with Crippen molar-refractivity contribution in [2.45, 2.75) is 38.6 Å². The second-order valence-electron chi connectivity index (χ2n) is 4.79. The van der Waals surface area contributed by atoms with Gasteiger partial charge >= 0.3 is 0 Å². The van der Waals surface area contributed by atoms with Crippen LogP contribution < -0.4 is 5.73 Å². The van der Waals surface area contributed by atoms with Gasteiger partial charge in [0.25, 0.3) is 0 Å². The Morgan fingerprint density at radius 3 is 2.35 bits per heavy atom. The number of nitrogens with zero attached hydrogens (tertiary/aromatic N) is 2. The first-order valence-corrected chi connectivity index (χ1v) is 6.70. The van der Waals surface area contributed by atoms with Gasteiger partial charge in [0, 0.05) is 13.1 Å². The monoisotopic (exact) mass is 257 g/mol. The molecule has 17 heavy (non-hydrogen) atoms. The fourth-order valence-corrected chi connectivity index (χ4v) is 2.17. The molecule has 1 unspecified atom stereocenters. The summed E-state index contributed by atoms with van der Waals surface area (Å²) >= 11 is 4.94. The minimum absolute atomic E-state index is 0.0269. The second kappa shape index (κ2) is 6.91. The van der Waals surface area contributed by atoms with E-state index in [1.165, 1.54) is 12.8 Å². The fourth-order valence-electron chi connectivity index (χ4n) is 1.99. The maximum Gasteiger partial charge on any atom is 0.236 e. The van der Waals surface area contributed by atoms with Crippen LogP contribution in [0.4, 0.5) is 0 Å². The summed E-state index contributed by atoms with van der Waals surface area (Å²) in [5.41, 5.74) is 5.58. The smallest absolute Gasteiger partial charge is 0.236 e. The van der Waals surface area contributed by atoms with Crippen LogP contribution in [0.15, 0.2) is 0 Å². The first kappa shape index (κ1) is 14.4. The van der Waals surface area contributed by atoms with Crippen molar-refractivity contribution < 1.29 is 4.79 Å². The molecule has 2 N–H and O–H groups in total. The van der Waals surface area contributed by atoms with Crippen molar-refractivity contribution in [1.29, 1.82) is 0 Å². The van der Waals surface area contributed by atoms with Crippen molar-refractivity contribution in [3.8, 4) is 0 Å². The van der Waals surface area contributed by atoms with Crippen molar-refractivity contribution >= 4 is 23.1 Å². The van der Waals surface area contributed by atoms with Crippen LogP contribution in [0.5, 0.6) is 0 Å². The average Bonchev–Trinajstić information content (AvgIpc) is 2.56. The predicted octanol–water partition coefficient (Wildman–Crippen LogP) is 0.995. The number of hydrogen-bond donors (Lipinski definition) is 1. The quantitative estimate of drug-likeness (QED) is 0.763. The highest BCUT2D eigenvalue weighted by atomic mass is 32.1. The Bertz CT molecular complexity index is 275. The van der Waals surface area contributed by atoms with E-state index in [-0.39, 0.29) is 11.9 Å². The molecule has 0 aromatic carbocycles. The van der Waals surface area contributed by atoms with Crippen molar-refractivity contribution in [1.82, 2.24) is 9.80 Å². The van der Waals surface area contributed by atoms with Gasteiger partial charge in [0.15, 0.2) is 0 Å². The molecule has 1 atom stereocenters. The van der Waals surface area contributed by atoms with Crippen LogP contribution in [0.25, 0.3) is 0 Å². The highest BCUT2D eigenvalue weighted by Gasteiger charge is 2.20. The summed E-state index contributed by atoms with van der Waals surface area (Å²) in [5.74, 6) is 0.192. The van der Waals surface area contributed by atoms with Crippen LogP contribution >= 0.6 is 12.2 Å². The minimum atomic E-state index is -0.0269. The van der Waals surface area contributed by atoms with Crippen molar-refractivity contribution in [2.24, 2.45) is 5.73 Å². The standard InChI is InChI=1S/C12H23N3OS/c1-10(12(13)17)14(2)9-11(16)15-7-5-3-4-6-8-15/h10H,3-9H2,1-2H3,(H2,13,17). The van der Waals surface area contributed by atoms with Gasteiger partial charge in [-0.15, -0.1) is 0 Å². The van der Waals surface area contributed by atoms with E-state index in [0.717, 1.165) is 25.9 Å². The van der Waals surface area contributed by atoms with Gasteiger partial charge in [0.2, 0.25) is 5.91 Å². The normalized spacial score (nSPS) is 18.9. The lowest BCUT2D eigenvalue weighted by molar-refractivity contribution is -0.132. The van der Waals surface area contributed by atoms with E-state index in [1.807, 2.05) is 23.8 Å². The van der Waals surface area contributed by atoms with E-state index in [0.29, 0.717) is 11.5 Å². The first-order chi connectivity index (χ1) is 8.02. The van der Waals surface area contributed by atoms with Gasteiger partial charge in [0.1, 0.15) is 0 Å². The number of carbonyl (C=O) groups excluding carboxylic acids is 1. The van der Waals surface area contributed by atoms with Gasteiger partial charge < -0.3 is 10.6 Å². The molecule has 0 aromatic rings. The van der Waals surface area contributed by atoms with Crippen LogP contribution in [0, 0.1) is 0 Å². The fraction of sp³-hybridized carbons (Fsp3) is 0.833. The summed E-state index contributed by atoms with van der Waals surface area (Å²) in [7, 11) is 1.89. The Kier molecular flexibility index (Phi) is 5.85. The second-order valence-corrected chi connectivity index (χ2v) is 5.26. The van der Waals surface area contributed by atoms with E-state index in [4.69, 9.17) is 18.0 Å². The molecular weight excluding hydrogens is 234 g/mol. The lowest BCUT2D eigenvalue weighted by Crippen LogP contribution is -2.46. The zero-order valence-electron chi connectivity index (χ0n) is 10.8. The van der Waals surface area contributed by atoms with Crippen LogP contribution in [0.3, 0.4) is 0 Å². The minimum Gasteiger partial charge on any atom is -0.392 e. The molecule has 0 bridgehead atoms. The third kappa shape index (κ3) is 4.60. The van der Waals surface area contributed by atoms with Crippen LogP contribution in [0.2, 0.25) is 0 Å². The molecule has 0 saturated carbocycles. The molecule has 1 rings (SSSR count). The number of hydrogen-bond acceptors (Lipinski definition) is 3. The zero-order valence-corrected chi connectivity index (χ0v) is 11.6. The van der Waals surface area contributed by atoms with Crippen molar-refractivity contribution in [2.75, 3.05) is 26.7 Å². The third-order valence-corrected chi connectivity index (χ3v) is 3.76. The molecule has 4 nitrogen and oxygen atoms in total. The molecule has 0 spiro atoms. The lowest BCUT2D eigenvalue weighted by Gasteiger charge is -2.27. The lowest BCUT2D eigenvalue weighted by atomic mass is 10.2. The summed E-state index contributed by atoms with van der Waals surface area (Å²) in [6, 6.07) is -0.0269. The highest BCUT2D eigenvalue weighted by Crippen LogP contribution is 2.10. The Morgan fingerprint density at radius 1 is 1.35 bits per heavy atom. The van der Waals surface area contributed by atoms with E-state index >= 15 is 0 Å². The number of nitrogens with two attached hydrogens (primary N) is 1. The molecule has 1 aliphatic rings. The maximum atomic E-state index is 12.1. The molecule has 1 saturated heterocycles. The van der Waals surface area contributed by atoms with E-state index in [2.05, 4.69) is 0 Å². The number of amides is 1. The van der Waals surface area contributed by atoms with E-state index in [1.54, 1.807) is 0 Å². The Labute approximate surface area is 109 Å². The molecule has 0 aliphatic carbocycles. The Balaban J connectivity index is 2.44. The molecule has 98 valence electrons. The van der Waals surface area contributed by atoms with Crippen LogP contribution in [-0.4, -0.2) is 53.4 Å². The van der Waals surface area contributed by atoms with Crippen LogP contribution in [0.1, 0.15) is 32.6 Å². The summed E-state index contributed by atoms with van der Waals surface area (Å²) < 4.78 is 0. The highest BCUT2D eigenvalue weighted by molar-refractivity contribution is 7.80. The largest absolute Gasteiger partial charge is 0.392 e. The first-order valence-electron chi connectivity index (χ1n) is 6.29. The average molecular weight is 257 g/mol. The van der Waals surface area contributed by atoms with Gasteiger partial charge in [0.05, 0.1) is 17.6 Å². The number of rotatable bonds is 4. The molecule has 1 heterocycles. The van der Waals surface area contributed by atoms with Gasteiger partial charge in [-0.2, -0.15) is 0 Å². The van der Waals surface area contributed by atoms with E-state index in [9.17, 15) is 4.79 Å². The topological polar surface area (TPSA) is 49.6 Å². The zero-order chi connectivity index (χ0) is 12.8. The van der Waals surface area contributed by atoms with Gasteiger partial charge in [-0.05, 0) is 26.8 Å². The summed E-state index contributed by atoms with van der Waals surface area (Å²) in [6.45, 7) is 4.12. The number of thiocarbonyl (C=S) groups is 1. The van der Waals surface area contributed by atoms with Gasteiger partial charge in [-0.25, -0.2) is 0 Å². The molecule has 5 heteroatoms. The SMILES string of the molecule is CC(C(N)=S)N(C)CC(=O)N1CCCCCC1. The summed E-state index contributed by atoms with van der Waals surface area (Å²) in [6.07, 6.45) is 4.73. The van der Waals surface area contributed by atoms with Crippen molar-refractivity contribution in [3.05, 3.63) is 0 Å². The van der Waals surface area contributed by atoms with Gasteiger partial charge in [-0.1, -0.05) is 25.1 Å². The molecule has 1 amide bonds. The Morgan fingerprint density at radius 2 is 1.88 bits per heavy atom. The number of likely N-dealkylation sites (tertiary alicyclic amines) is 1. The summed E-state index contributed by atoms with van der Waals surface area (Å²) in [4.78, 5) is 16.4. The molecule has 0 aromatic heterocycles. The van der Waals surface area contributed by atoms with E-state index < -0.39 is 0 Å². The third-order valence-electron chi connectivity index (χ3n) is 3.42. The molecule has 1 aliphatic heterocycles. The Hall–Kier alpha value is -0.680. The molecule has 0 radical (unpaired) electrons. The molecule has 1 fully saturated rings. The number of likely N-dealkylation sites (N-methyl/N-ethyl adjacent to an activating group) is 1. The number of carbonyl (C=O) groups is 1. The maximum absolute atomic E-state index is 12.1. The van der Waals surface area contributed by atoms with Crippen LogP contribution in [-0.2, 0) is 4.79 Å². The van der Waals surface area contributed by atoms with Gasteiger partial charge in [-0.3, -0.25) is 9.69 Å².